The van der Waals surface area contributed by atoms with Crippen molar-refractivity contribution < 1.29 is 9.53 Å². The van der Waals surface area contributed by atoms with Crippen LogP contribution in [0.2, 0.25) is 10.3 Å². The molecular formula is C8H8Cl2N2O2. The molecule has 1 aromatic heterocycles. The van der Waals surface area contributed by atoms with Gasteiger partial charge in [0.15, 0.2) is 0 Å². The lowest BCUT2D eigenvalue weighted by Crippen LogP contribution is -2.23. The fourth-order valence-electron chi connectivity index (χ4n) is 0.909. The highest BCUT2D eigenvalue weighted by molar-refractivity contribution is 6.33. The van der Waals surface area contributed by atoms with E-state index >= 15 is 0 Å². The zero-order chi connectivity index (χ0) is 10.7. The Morgan fingerprint density at radius 1 is 1.57 bits per heavy atom. The van der Waals surface area contributed by atoms with Gasteiger partial charge in [0.2, 0.25) is 0 Å². The average molecular weight is 235 g/mol. The van der Waals surface area contributed by atoms with Gasteiger partial charge in [-0.15, -0.1) is 0 Å². The maximum absolute atomic E-state index is 11.1. The van der Waals surface area contributed by atoms with Gasteiger partial charge in [0.05, 0.1) is 7.11 Å². The van der Waals surface area contributed by atoms with Gasteiger partial charge >= 0.3 is 5.97 Å². The largest absolute Gasteiger partial charge is 0.468 e. The van der Waals surface area contributed by atoms with Gasteiger partial charge in [-0.2, -0.15) is 0 Å². The molecule has 0 saturated heterocycles. The molecular weight excluding hydrogens is 227 g/mol. The van der Waals surface area contributed by atoms with Crippen LogP contribution in [-0.2, 0) is 9.53 Å². The fraction of sp³-hybridized carbons (Fsp3) is 0.250. The van der Waals surface area contributed by atoms with E-state index in [4.69, 9.17) is 28.9 Å². The third kappa shape index (κ3) is 2.35. The van der Waals surface area contributed by atoms with Crippen molar-refractivity contribution in [3.05, 3.63) is 28.0 Å². The Morgan fingerprint density at radius 2 is 2.21 bits per heavy atom. The molecule has 0 fully saturated rings. The minimum Gasteiger partial charge on any atom is -0.468 e. The maximum Gasteiger partial charge on any atom is 0.327 e. The van der Waals surface area contributed by atoms with E-state index in [1.807, 2.05) is 0 Å². The molecule has 14 heavy (non-hydrogen) atoms. The number of carbonyl (C=O) groups is 1. The number of ether oxygens (including phenoxy) is 1. The maximum atomic E-state index is 11.1. The van der Waals surface area contributed by atoms with Crippen LogP contribution < -0.4 is 5.73 Å². The van der Waals surface area contributed by atoms with Gasteiger partial charge in [-0.1, -0.05) is 29.3 Å². The third-order valence-electron chi connectivity index (χ3n) is 1.63. The van der Waals surface area contributed by atoms with Crippen LogP contribution in [0.1, 0.15) is 11.6 Å². The molecule has 4 nitrogen and oxygen atoms in total. The first-order chi connectivity index (χ1) is 6.56. The van der Waals surface area contributed by atoms with E-state index in [2.05, 4.69) is 9.72 Å². The van der Waals surface area contributed by atoms with Crippen molar-refractivity contribution in [2.24, 2.45) is 5.73 Å². The second-order valence-electron chi connectivity index (χ2n) is 2.51. The molecule has 0 unspecified atom stereocenters. The van der Waals surface area contributed by atoms with Crippen molar-refractivity contribution in [2.45, 2.75) is 6.04 Å². The first-order valence-corrected chi connectivity index (χ1v) is 4.47. The summed E-state index contributed by atoms with van der Waals surface area (Å²) >= 11 is 11.3. The van der Waals surface area contributed by atoms with Crippen LogP contribution in [0.15, 0.2) is 12.1 Å². The highest BCUT2D eigenvalue weighted by Gasteiger charge is 2.19. The second kappa shape index (κ2) is 4.59. The number of hydrogen-bond donors (Lipinski definition) is 1. The molecule has 2 N–H and O–H groups in total. The minimum atomic E-state index is -0.933. The molecule has 0 aromatic carbocycles. The molecule has 1 rings (SSSR count). The number of halogens is 2. The molecule has 0 radical (unpaired) electrons. The van der Waals surface area contributed by atoms with Crippen molar-refractivity contribution in [1.82, 2.24) is 4.98 Å². The molecule has 6 heteroatoms. The Bertz CT molecular complexity index is 357. The van der Waals surface area contributed by atoms with Crippen LogP contribution >= 0.6 is 23.2 Å². The first kappa shape index (κ1) is 11.2. The Kier molecular flexibility index (Phi) is 3.69. The number of nitrogens with two attached hydrogens (primary N) is 1. The summed E-state index contributed by atoms with van der Waals surface area (Å²) in [6.45, 7) is 0. The summed E-state index contributed by atoms with van der Waals surface area (Å²) in [4.78, 5) is 14.8. The van der Waals surface area contributed by atoms with Crippen LogP contribution in [0.5, 0.6) is 0 Å². The van der Waals surface area contributed by atoms with Crippen molar-refractivity contribution in [3.8, 4) is 0 Å². The summed E-state index contributed by atoms with van der Waals surface area (Å²) in [7, 11) is 1.25. The Labute approximate surface area is 91.0 Å². The monoisotopic (exact) mass is 234 g/mol. The van der Waals surface area contributed by atoms with E-state index in [-0.39, 0.29) is 10.3 Å². The number of esters is 1. The summed E-state index contributed by atoms with van der Waals surface area (Å²) in [5, 5.41) is 0.353. The number of carbonyl (C=O) groups excluding carboxylic acids is 1. The molecule has 0 aliphatic rings. The normalized spacial score (nSPS) is 12.3. The first-order valence-electron chi connectivity index (χ1n) is 3.71. The fourth-order valence-corrected chi connectivity index (χ4v) is 1.37. The predicted molar refractivity (Wildman–Crippen MR) is 53.2 cm³/mol. The summed E-state index contributed by atoms with van der Waals surface area (Å²) in [5.41, 5.74) is 5.95. The molecule has 0 amide bonds. The standard InChI is InChI=1S/C8H8Cl2N2O2/c1-14-8(13)6(11)4-2-3-5(9)12-7(4)10/h2-3,6H,11H2,1H3/t6-/m1/s1. The Hall–Kier alpha value is -0.840. The molecule has 0 saturated carbocycles. The van der Waals surface area contributed by atoms with Crippen LogP contribution in [0, 0.1) is 0 Å². The molecule has 0 aliphatic heterocycles. The van der Waals surface area contributed by atoms with E-state index in [1.54, 1.807) is 6.07 Å². The van der Waals surface area contributed by atoms with E-state index in [1.165, 1.54) is 13.2 Å². The van der Waals surface area contributed by atoms with Crippen molar-refractivity contribution in [1.29, 1.82) is 0 Å². The Balaban J connectivity index is 3.01. The van der Waals surface area contributed by atoms with E-state index < -0.39 is 12.0 Å². The number of pyridine rings is 1. The number of aromatic nitrogens is 1. The van der Waals surface area contributed by atoms with Crippen LogP contribution in [0.25, 0.3) is 0 Å². The van der Waals surface area contributed by atoms with Gasteiger partial charge in [0.1, 0.15) is 16.3 Å². The van der Waals surface area contributed by atoms with E-state index in [0.717, 1.165) is 0 Å². The predicted octanol–water partition coefficient (Wildman–Crippen LogP) is 1.56. The van der Waals surface area contributed by atoms with Crippen LogP contribution in [-0.4, -0.2) is 18.1 Å². The molecule has 1 aromatic rings. The number of methoxy groups -OCH3 is 1. The van der Waals surface area contributed by atoms with Crippen LogP contribution in [0.4, 0.5) is 0 Å². The average Bonchev–Trinajstić information content (AvgIpc) is 2.15. The molecule has 0 aliphatic carbocycles. The number of hydrogen-bond acceptors (Lipinski definition) is 4. The van der Waals surface area contributed by atoms with E-state index in [0.29, 0.717) is 5.56 Å². The molecule has 1 atom stereocenters. The zero-order valence-electron chi connectivity index (χ0n) is 7.33. The van der Waals surface area contributed by atoms with Gasteiger partial charge in [-0.3, -0.25) is 4.79 Å². The highest BCUT2D eigenvalue weighted by Crippen LogP contribution is 2.22. The van der Waals surface area contributed by atoms with Gasteiger partial charge in [0.25, 0.3) is 0 Å². The third-order valence-corrected chi connectivity index (χ3v) is 2.15. The van der Waals surface area contributed by atoms with Gasteiger partial charge in [-0.05, 0) is 6.07 Å². The smallest absolute Gasteiger partial charge is 0.327 e. The van der Waals surface area contributed by atoms with Crippen molar-refractivity contribution in [2.75, 3.05) is 7.11 Å². The molecule has 0 bridgehead atoms. The van der Waals surface area contributed by atoms with Crippen LogP contribution in [0.3, 0.4) is 0 Å². The van der Waals surface area contributed by atoms with Gasteiger partial charge in [-0.25, -0.2) is 4.98 Å². The lowest BCUT2D eigenvalue weighted by Gasteiger charge is -2.10. The highest BCUT2D eigenvalue weighted by atomic mass is 35.5. The van der Waals surface area contributed by atoms with Gasteiger partial charge in [0, 0.05) is 5.56 Å². The summed E-state index contributed by atoms with van der Waals surface area (Å²) in [6, 6.07) is 2.11. The molecule has 1 heterocycles. The number of rotatable bonds is 2. The second-order valence-corrected chi connectivity index (χ2v) is 3.26. The molecule has 76 valence electrons. The lowest BCUT2D eigenvalue weighted by atomic mass is 10.1. The summed E-state index contributed by atoms with van der Waals surface area (Å²) in [5.74, 6) is -0.573. The van der Waals surface area contributed by atoms with E-state index in [9.17, 15) is 4.79 Å². The lowest BCUT2D eigenvalue weighted by molar-refractivity contribution is -0.142. The SMILES string of the molecule is COC(=O)[C@H](N)c1ccc(Cl)nc1Cl. The quantitative estimate of drug-likeness (QED) is 0.624. The minimum absolute atomic E-state index is 0.107. The Morgan fingerprint density at radius 3 is 2.71 bits per heavy atom. The zero-order valence-corrected chi connectivity index (χ0v) is 8.84. The topological polar surface area (TPSA) is 65.2 Å². The summed E-state index contributed by atoms with van der Waals surface area (Å²) in [6.07, 6.45) is 0. The van der Waals surface area contributed by atoms with Gasteiger partial charge < -0.3 is 10.5 Å². The summed E-state index contributed by atoms with van der Waals surface area (Å²) < 4.78 is 4.47. The number of nitrogens with zero attached hydrogens (tertiary/aromatic N) is 1. The molecule has 0 spiro atoms. The van der Waals surface area contributed by atoms with Crippen molar-refractivity contribution >= 4 is 29.2 Å². The van der Waals surface area contributed by atoms with Crippen molar-refractivity contribution in [3.63, 3.8) is 0 Å².